The Morgan fingerprint density at radius 3 is 1.75 bits per heavy atom. The summed E-state index contributed by atoms with van der Waals surface area (Å²) in [6.45, 7) is 2.68. The van der Waals surface area contributed by atoms with E-state index in [9.17, 15) is 23.8 Å². The van der Waals surface area contributed by atoms with Crippen LogP contribution >= 0.6 is 7.82 Å². The van der Waals surface area contributed by atoms with Crippen LogP contribution in [-0.4, -0.2) is 72.1 Å². The zero-order chi connectivity index (χ0) is 41.8. The van der Waals surface area contributed by atoms with Crippen molar-refractivity contribution in [2.24, 2.45) is 5.73 Å². The van der Waals surface area contributed by atoms with Gasteiger partial charge >= 0.3 is 25.7 Å². The number of allylic oxidation sites excluding steroid dienone is 6. The second-order valence-electron chi connectivity index (χ2n) is 14.9. The minimum Gasteiger partial charge on any atom is -0.480 e. The van der Waals surface area contributed by atoms with Gasteiger partial charge in [0, 0.05) is 12.8 Å². The maximum atomic E-state index is 12.6. The predicted molar refractivity (Wildman–Crippen MR) is 226 cm³/mol. The summed E-state index contributed by atoms with van der Waals surface area (Å²) in [6, 6.07) is -1.53. The number of ether oxygens (including phenoxy) is 3. The summed E-state index contributed by atoms with van der Waals surface area (Å²) < 4.78 is 38.4. The number of aliphatic carboxylic acids is 1. The summed E-state index contributed by atoms with van der Waals surface area (Å²) in [5.41, 5.74) is 5.33. The molecule has 0 saturated carbocycles. The van der Waals surface area contributed by atoms with Crippen LogP contribution in [0.15, 0.2) is 48.6 Å². The van der Waals surface area contributed by atoms with Crippen molar-refractivity contribution in [2.75, 3.05) is 19.8 Å². The van der Waals surface area contributed by atoms with Gasteiger partial charge in [0.1, 0.15) is 12.6 Å². The molecule has 0 aromatic carbocycles. The number of carbonyl (C=O) groups excluding carboxylic acids is 2. The minimum atomic E-state index is -4.74. The lowest BCUT2D eigenvalue weighted by Crippen LogP contribution is -2.34. The number of carboxylic acid groups (broad SMARTS) is 1. The molecule has 1 rings (SSSR count). The Bertz CT molecular complexity index is 1220. The first-order valence-electron chi connectivity index (χ1n) is 21.8. The number of phosphoric acid groups is 1. The van der Waals surface area contributed by atoms with E-state index in [0.29, 0.717) is 19.3 Å². The van der Waals surface area contributed by atoms with Gasteiger partial charge in [-0.25, -0.2) is 4.57 Å². The lowest BCUT2D eigenvalue weighted by molar-refractivity contribution is -0.161. The van der Waals surface area contributed by atoms with Crippen molar-refractivity contribution in [3.05, 3.63) is 48.6 Å². The molecule has 1 fully saturated rings. The highest BCUT2D eigenvalue weighted by atomic mass is 31.2. The molecule has 3 unspecified atom stereocenters. The van der Waals surface area contributed by atoms with Crippen LogP contribution in [-0.2, 0) is 42.2 Å². The van der Waals surface area contributed by atoms with E-state index < -0.39 is 51.1 Å². The van der Waals surface area contributed by atoms with Crippen LogP contribution in [0.25, 0.3) is 0 Å². The lowest BCUT2D eigenvalue weighted by atomic mass is 10.1. The van der Waals surface area contributed by atoms with E-state index in [-0.39, 0.29) is 31.7 Å². The Balaban J connectivity index is 2.34. The van der Waals surface area contributed by atoms with Crippen LogP contribution in [0.2, 0.25) is 0 Å². The molecule has 13 heteroatoms. The van der Waals surface area contributed by atoms with Gasteiger partial charge < -0.3 is 29.9 Å². The Morgan fingerprint density at radius 1 is 0.632 bits per heavy atom. The molecule has 12 nitrogen and oxygen atoms in total. The average Bonchev–Trinajstić information content (AvgIpc) is 3.94. The smallest absolute Gasteiger partial charge is 0.472 e. The fraction of sp³-hybridized carbons (Fsp3) is 0.750. The standard InChI is InChI=1S/C44H76NO11P/c1-3-5-7-9-11-13-14-15-16-17-18-20-22-24-29-33-42(46)52-35-38(36-53-57(50,51)54-37-39(45)44(48)49)55-43(47)34-30-26-25-28-32-41-40(56-41)31-27-23-21-19-12-10-8-6-4-2/h12-14,19,23,25,27-28,38-41H,3-11,15-18,20-22,24,26,29-37,45H2,1-2H3,(H,48,49)(H,50,51)/b14-13-,19-12-,27-23-,28-25-/t38-,39+,40?,41?/m1/s1. The molecule has 1 aliphatic rings. The van der Waals surface area contributed by atoms with Crippen LogP contribution in [0.3, 0.4) is 0 Å². The molecule has 0 aromatic heterocycles. The van der Waals surface area contributed by atoms with Crippen molar-refractivity contribution in [1.82, 2.24) is 0 Å². The first-order chi connectivity index (χ1) is 27.6. The van der Waals surface area contributed by atoms with E-state index in [2.05, 4.69) is 60.9 Å². The van der Waals surface area contributed by atoms with Crippen LogP contribution in [0, 0.1) is 0 Å². The second-order valence-corrected chi connectivity index (χ2v) is 16.3. The summed E-state index contributed by atoms with van der Waals surface area (Å²) in [7, 11) is -4.74. The summed E-state index contributed by atoms with van der Waals surface area (Å²) in [5.74, 6) is -2.47. The van der Waals surface area contributed by atoms with Crippen molar-refractivity contribution in [1.29, 1.82) is 0 Å². The Hall–Kier alpha value is -2.60. The second kappa shape index (κ2) is 35.4. The highest BCUT2D eigenvalue weighted by Crippen LogP contribution is 2.43. The summed E-state index contributed by atoms with van der Waals surface area (Å²) >= 11 is 0. The maximum absolute atomic E-state index is 12.6. The molecular formula is C44H76NO11P. The zero-order valence-electron chi connectivity index (χ0n) is 35.1. The molecule has 0 amide bonds. The molecule has 57 heavy (non-hydrogen) atoms. The van der Waals surface area contributed by atoms with Gasteiger partial charge in [-0.15, -0.1) is 0 Å². The monoisotopic (exact) mass is 826 g/mol. The largest absolute Gasteiger partial charge is 0.480 e. The molecular weight excluding hydrogens is 749 g/mol. The number of unbranched alkanes of at least 4 members (excludes halogenated alkanes) is 15. The van der Waals surface area contributed by atoms with Gasteiger partial charge in [-0.05, 0) is 77.0 Å². The van der Waals surface area contributed by atoms with Gasteiger partial charge in [-0.1, -0.05) is 127 Å². The van der Waals surface area contributed by atoms with E-state index in [1.54, 1.807) is 0 Å². The fourth-order valence-electron chi connectivity index (χ4n) is 5.86. The molecule has 4 N–H and O–H groups in total. The van der Waals surface area contributed by atoms with Gasteiger partial charge in [-0.3, -0.25) is 23.4 Å². The number of nitrogens with two attached hydrogens (primary N) is 1. The van der Waals surface area contributed by atoms with Crippen molar-refractivity contribution in [3.63, 3.8) is 0 Å². The molecule has 328 valence electrons. The normalized spacial score (nSPS) is 17.8. The topological polar surface area (TPSA) is 184 Å². The van der Waals surface area contributed by atoms with Gasteiger partial charge in [0.25, 0.3) is 0 Å². The van der Waals surface area contributed by atoms with Gasteiger partial charge in [0.05, 0.1) is 25.4 Å². The predicted octanol–water partition coefficient (Wildman–Crippen LogP) is 10.4. The zero-order valence-corrected chi connectivity index (χ0v) is 36.0. The van der Waals surface area contributed by atoms with Crippen molar-refractivity contribution < 1.29 is 52.2 Å². The molecule has 1 saturated heterocycles. The van der Waals surface area contributed by atoms with E-state index in [1.165, 1.54) is 70.6 Å². The number of rotatable bonds is 39. The quantitative estimate of drug-likeness (QED) is 0.0175. The summed E-state index contributed by atoms with van der Waals surface area (Å²) in [6.07, 6.45) is 40.6. The fourth-order valence-corrected chi connectivity index (χ4v) is 6.64. The highest BCUT2D eigenvalue weighted by Gasteiger charge is 2.36. The van der Waals surface area contributed by atoms with E-state index in [4.69, 9.17) is 29.6 Å². The van der Waals surface area contributed by atoms with Crippen LogP contribution < -0.4 is 5.73 Å². The molecule has 0 aliphatic carbocycles. The van der Waals surface area contributed by atoms with Gasteiger partial charge in [0.15, 0.2) is 6.10 Å². The number of epoxide rings is 1. The molecule has 0 bridgehead atoms. The van der Waals surface area contributed by atoms with Crippen molar-refractivity contribution >= 4 is 25.7 Å². The third kappa shape index (κ3) is 33.0. The SMILES string of the molecule is CCCCC/C=C\C/C=C\CC1OC1C/C=C\CCCC(=O)O[C@H](COC(=O)CCCCCCCCC/C=C\CCCCCC)COP(=O)(O)OC[C@H](N)C(=O)O. The Morgan fingerprint density at radius 2 is 1.11 bits per heavy atom. The molecule has 0 spiro atoms. The summed E-state index contributed by atoms with van der Waals surface area (Å²) in [5, 5.41) is 8.89. The molecule has 0 radical (unpaired) electrons. The van der Waals surface area contributed by atoms with Crippen LogP contribution in [0.5, 0.6) is 0 Å². The number of esters is 2. The maximum Gasteiger partial charge on any atom is 0.472 e. The third-order valence-corrected chi connectivity index (χ3v) is 10.4. The minimum absolute atomic E-state index is 0.0752. The molecule has 0 aromatic rings. The molecule has 5 atom stereocenters. The first-order valence-corrected chi connectivity index (χ1v) is 23.3. The van der Waals surface area contributed by atoms with Crippen molar-refractivity contribution in [2.45, 2.75) is 192 Å². The average molecular weight is 826 g/mol. The number of hydrogen-bond acceptors (Lipinski definition) is 10. The van der Waals surface area contributed by atoms with Crippen molar-refractivity contribution in [3.8, 4) is 0 Å². The number of hydrogen-bond donors (Lipinski definition) is 3. The lowest BCUT2D eigenvalue weighted by Gasteiger charge is -2.20. The summed E-state index contributed by atoms with van der Waals surface area (Å²) in [4.78, 5) is 46.0. The highest BCUT2D eigenvalue weighted by molar-refractivity contribution is 7.47. The Kier molecular flexibility index (Phi) is 32.5. The Labute approximate surface area is 343 Å². The third-order valence-electron chi connectivity index (χ3n) is 9.45. The van der Waals surface area contributed by atoms with Crippen LogP contribution in [0.4, 0.5) is 0 Å². The van der Waals surface area contributed by atoms with Gasteiger partial charge in [0.2, 0.25) is 0 Å². The van der Waals surface area contributed by atoms with Crippen LogP contribution in [0.1, 0.15) is 168 Å². The van der Waals surface area contributed by atoms with E-state index >= 15 is 0 Å². The van der Waals surface area contributed by atoms with E-state index in [1.807, 2.05) is 6.08 Å². The molecule has 1 heterocycles. The van der Waals surface area contributed by atoms with E-state index in [0.717, 1.165) is 51.4 Å². The number of phosphoric ester groups is 1. The number of carbonyl (C=O) groups is 3. The molecule has 1 aliphatic heterocycles. The van der Waals surface area contributed by atoms with Gasteiger partial charge in [-0.2, -0.15) is 0 Å². The number of carboxylic acids is 1. The first kappa shape index (κ1) is 52.4.